The summed E-state index contributed by atoms with van der Waals surface area (Å²) in [6.07, 6.45) is 2.26. The molecule has 19 heavy (non-hydrogen) atoms. The molecule has 0 aliphatic heterocycles. The Morgan fingerprint density at radius 3 is 2.74 bits per heavy atom. The van der Waals surface area contributed by atoms with Gasteiger partial charge in [-0.3, -0.25) is 4.79 Å². The molecule has 0 N–H and O–H groups in total. The Kier molecular flexibility index (Phi) is 4.25. The highest BCUT2D eigenvalue weighted by atomic mass is 16.5. The lowest BCUT2D eigenvalue weighted by atomic mass is 10.0. The zero-order valence-electron chi connectivity index (χ0n) is 11.8. The van der Waals surface area contributed by atoms with Crippen molar-refractivity contribution >= 4 is 11.5 Å². The number of ether oxygens (including phenoxy) is 2. The summed E-state index contributed by atoms with van der Waals surface area (Å²) < 4.78 is 10.3. The van der Waals surface area contributed by atoms with Gasteiger partial charge in [-0.15, -0.1) is 0 Å². The van der Waals surface area contributed by atoms with E-state index in [1.165, 1.54) is 11.1 Å². The summed E-state index contributed by atoms with van der Waals surface area (Å²) in [4.78, 5) is 11.7. The second-order valence-electron chi connectivity index (χ2n) is 4.62. The van der Waals surface area contributed by atoms with Crippen molar-refractivity contribution in [3.8, 4) is 5.75 Å². The first-order valence-electron chi connectivity index (χ1n) is 6.73. The molecule has 1 aliphatic carbocycles. The molecule has 0 fully saturated rings. The molecule has 2 rings (SSSR count). The van der Waals surface area contributed by atoms with E-state index in [-0.39, 0.29) is 5.97 Å². The second kappa shape index (κ2) is 5.91. The Hall–Kier alpha value is -1.77. The molecule has 0 radical (unpaired) electrons. The van der Waals surface area contributed by atoms with Gasteiger partial charge in [-0.1, -0.05) is 18.6 Å². The minimum Gasteiger partial charge on any atom is -0.497 e. The van der Waals surface area contributed by atoms with Crippen LogP contribution >= 0.6 is 0 Å². The van der Waals surface area contributed by atoms with E-state index >= 15 is 0 Å². The molecule has 3 heteroatoms. The van der Waals surface area contributed by atoms with E-state index in [2.05, 4.69) is 13.0 Å². The summed E-state index contributed by atoms with van der Waals surface area (Å²) in [7, 11) is 1.66. The van der Waals surface area contributed by atoms with Crippen molar-refractivity contribution in [1.29, 1.82) is 0 Å². The second-order valence-corrected chi connectivity index (χ2v) is 4.62. The van der Waals surface area contributed by atoms with Gasteiger partial charge >= 0.3 is 5.97 Å². The summed E-state index contributed by atoms with van der Waals surface area (Å²) >= 11 is 0. The number of allylic oxidation sites excluding steroid dienone is 1. The molecule has 0 heterocycles. The molecule has 1 aromatic rings. The Balaban J connectivity index is 2.32. The average Bonchev–Trinajstić information content (AvgIpc) is 2.76. The molecule has 102 valence electrons. The van der Waals surface area contributed by atoms with Crippen LogP contribution in [0.2, 0.25) is 0 Å². The third-order valence-electron chi connectivity index (χ3n) is 3.53. The van der Waals surface area contributed by atoms with E-state index in [0.29, 0.717) is 13.0 Å². The van der Waals surface area contributed by atoms with Crippen LogP contribution in [-0.2, 0) is 16.0 Å². The van der Waals surface area contributed by atoms with Crippen molar-refractivity contribution in [3.05, 3.63) is 34.9 Å². The molecule has 0 aromatic heterocycles. The van der Waals surface area contributed by atoms with E-state index in [4.69, 9.17) is 9.47 Å². The smallest absolute Gasteiger partial charge is 0.310 e. The van der Waals surface area contributed by atoms with E-state index in [1.807, 2.05) is 19.1 Å². The molecule has 3 nitrogen and oxygen atoms in total. The number of hydrogen-bond acceptors (Lipinski definition) is 3. The quantitative estimate of drug-likeness (QED) is 0.761. The number of esters is 1. The van der Waals surface area contributed by atoms with Gasteiger partial charge in [0.15, 0.2) is 0 Å². The Labute approximate surface area is 114 Å². The normalized spacial score (nSPS) is 13.4. The van der Waals surface area contributed by atoms with Crippen LogP contribution in [0.25, 0.3) is 5.57 Å². The minimum absolute atomic E-state index is 0.154. The van der Waals surface area contributed by atoms with Crippen LogP contribution in [0.4, 0.5) is 0 Å². The van der Waals surface area contributed by atoms with Gasteiger partial charge in [-0.2, -0.15) is 0 Å². The van der Waals surface area contributed by atoms with Gasteiger partial charge in [0, 0.05) is 0 Å². The first-order chi connectivity index (χ1) is 9.19. The number of methoxy groups -OCH3 is 1. The lowest BCUT2D eigenvalue weighted by Crippen LogP contribution is -2.05. The van der Waals surface area contributed by atoms with Gasteiger partial charge in [-0.25, -0.2) is 0 Å². The average molecular weight is 260 g/mol. The first-order valence-corrected chi connectivity index (χ1v) is 6.73. The number of hydrogen-bond donors (Lipinski definition) is 0. The monoisotopic (exact) mass is 260 g/mol. The number of carbonyl (C=O) groups is 1. The van der Waals surface area contributed by atoms with E-state index < -0.39 is 0 Å². The number of carbonyl (C=O) groups excluding carboxylic acids is 1. The van der Waals surface area contributed by atoms with E-state index in [1.54, 1.807) is 7.11 Å². The largest absolute Gasteiger partial charge is 0.497 e. The van der Waals surface area contributed by atoms with Crippen LogP contribution in [0, 0.1) is 0 Å². The first kappa shape index (κ1) is 13.7. The molecule has 0 amide bonds. The number of fused-ring (bicyclic) bond motifs is 1. The minimum atomic E-state index is -0.154. The number of benzene rings is 1. The third kappa shape index (κ3) is 2.80. The van der Waals surface area contributed by atoms with Crippen LogP contribution in [0.3, 0.4) is 0 Å². The molecule has 1 aliphatic rings. The molecule has 0 saturated carbocycles. The maximum absolute atomic E-state index is 11.7. The third-order valence-corrected chi connectivity index (χ3v) is 3.53. The summed E-state index contributed by atoms with van der Waals surface area (Å²) in [6, 6.07) is 6.08. The van der Waals surface area contributed by atoms with Gasteiger partial charge in [0.2, 0.25) is 0 Å². The fraction of sp³-hybridized carbons (Fsp3) is 0.438. The van der Waals surface area contributed by atoms with E-state index in [9.17, 15) is 4.79 Å². The predicted octanol–water partition coefficient (Wildman–Crippen LogP) is 3.37. The fourth-order valence-corrected chi connectivity index (χ4v) is 2.56. The van der Waals surface area contributed by atoms with Crippen LogP contribution in [0.5, 0.6) is 5.75 Å². The lowest BCUT2D eigenvalue weighted by molar-refractivity contribution is -0.141. The zero-order valence-corrected chi connectivity index (χ0v) is 11.8. The van der Waals surface area contributed by atoms with Crippen molar-refractivity contribution in [2.45, 2.75) is 33.1 Å². The predicted molar refractivity (Wildman–Crippen MR) is 75.2 cm³/mol. The highest BCUT2D eigenvalue weighted by Gasteiger charge is 2.23. The Morgan fingerprint density at radius 1 is 1.32 bits per heavy atom. The van der Waals surface area contributed by atoms with Gasteiger partial charge < -0.3 is 9.47 Å². The van der Waals surface area contributed by atoms with Crippen LogP contribution in [-0.4, -0.2) is 19.7 Å². The standard InChI is InChI=1S/C16H20O3/c1-4-11-8-12-6-7-13(18-3)9-14(12)15(11)10-16(17)19-5-2/h6-7,9H,4-5,8,10H2,1-3H3. The molecule has 0 saturated heterocycles. The molecule has 0 bridgehead atoms. The highest BCUT2D eigenvalue weighted by molar-refractivity contribution is 5.89. The van der Waals surface area contributed by atoms with Gasteiger partial charge in [0.05, 0.1) is 20.1 Å². The van der Waals surface area contributed by atoms with Gasteiger partial charge in [-0.05, 0) is 48.6 Å². The highest BCUT2D eigenvalue weighted by Crippen LogP contribution is 2.38. The molecule has 1 aromatic carbocycles. The number of rotatable bonds is 5. The SMILES string of the molecule is CCOC(=O)CC1=C(CC)Cc2ccc(OC)cc21. The maximum Gasteiger partial charge on any atom is 0.310 e. The summed E-state index contributed by atoms with van der Waals surface area (Å²) in [6.45, 7) is 4.39. The van der Waals surface area contributed by atoms with Crippen LogP contribution in [0.1, 0.15) is 37.8 Å². The van der Waals surface area contributed by atoms with Crippen molar-refractivity contribution in [3.63, 3.8) is 0 Å². The van der Waals surface area contributed by atoms with Crippen molar-refractivity contribution in [1.82, 2.24) is 0 Å². The summed E-state index contributed by atoms with van der Waals surface area (Å²) in [5, 5.41) is 0. The van der Waals surface area contributed by atoms with Gasteiger partial charge in [0.25, 0.3) is 0 Å². The summed E-state index contributed by atoms with van der Waals surface area (Å²) in [5.41, 5.74) is 4.87. The van der Waals surface area contributed by atoms with Crippen LogP contribution in [0.15, 0.2) is 23.8 Å². The van der Waals surface area contributed by atoms with Crippen molar-refractivity contribution in [2.24, 2.45) is 0 Å². The van der Waals surface area contributed by atoms with E-state index in [0.717, 1.165) is 29.7 Å². The maximum atomic E-state index is 11.7. The van der Waals surface area contributed by atoms with Crippen molar-refractivity contribution < 1.29 is 14.3 Å². The molecule has 0 unspecified atom stereocenters. The van der Waals surface area contributed by atoms with Crippen LogP contribution < -0.4 is 4.74 Å². The molecular weight excluding hydrogens is 240 g/mol. The van der Waals surface area contributed by atoms with Gasteiger partial charge in [0.1, 0.15) is 5.75 Å². The topological polar surface area (TPSA) is 35.5 Å². The van der Waals surface area contributed by atoms with Crippen molar-refractivity contribution in [2.75, 3.05) is 13.7 Å². The molecule has 0 atom stereocenters. The zero-order chi connectivity index (χ0) is 13.8. The molecule has 0 spiro atoms. The Bertz CT molecular complexity index is 515. The summed E-state index contributed by atoms with van der Waals surface area (Å²) in [5.74, 6) is 0.677. The fourth-order valence-electron chi connectivity index (χ4n) is 2.56. The lowest BCUT2D eigenvalue weighted by Gasteiger charge is -2.09. The Morgan fingerprint density at radius 2 is 2.11 bits per heavy atom. The molecular formula is C16H20O3.